The third-order valence-electron chi connectivity index (χ3n) is 3.20. The van der Waals surface area contributed by atoms with Gasteiger partial charge < -0.3 is 10.0 Å². The summed E-state index contributed by atoms with van der Waals surface area (Å²) in [6.45, 7) is 2.30. The van der Waals surface area contributed by atoms with Gasteiger partial charge in [0, 0.05) is 31.0 Å². The molecule has 1 unspecified atom stereocenters. The van der Waals surface area contributed by atoms with E-state index >= 15 is 0 Å². The van der Waals surface area contributed by atoms with Gasteiger partial charge in [-0.1, -0.05) is 12.1 Å². The van der Waals surface area contributed by atoms with Gasteiger partial charge in [0.15, 0.2) is 0 Å². The first-order chi connectivity index (χ1) is 7.88. The Morgan fingerprint density at radius 3 is 3.12 bits per heavy atom. The molecule has 1 saturated heterocycles. The van der Waals surface area contributed by atoms with Crippen molar-refractivity contribution in [1.29, 1.82) is 0 Å². The largest absolute Gasteiger partial charge is 0.396 e. The van der Waals surface area contributed by atoms with Gasteiger partial charge in [-0.15, -0.1) is 0 Å². The molecule has 0 saturated carbocycles. The van der Waals surface area contributed by atoms with Crippen LogP contribution in [0.1, 0.15) is 6.42 Å². The van der Waals surface area contributed by atoms with Crippen LogP contribution in [0.2, 0.25) is 0 Å². The first-order valence-electron chi connectivity index (χ1n) is 5.58. The summed E-state index contributed by atoms with van der Waals surface area (Å²) in [5.74, 6) is 0.431. The maximum Gasteiger partial charge on any atom is 0.119 e. The molecular formula is C12H14N2OS. The molecule has 0 amide bonds. The summed E-state index contributed by atoms with van der Waals surface area (Å²) >= 11 is 1.57. The summed E-state index contributed by atoms with van der Waals surface area (Å²) in [7, 11) is 0. The van der Waals surface area contributed by atoms with Gasteiger partial charge in [-0.3, -0.25) is 0 Å². The standard InChI is InChI=1S/C12H14N2OS/c15-8-9-5-6-14(7-9)12-10-3-1-2-4-11(10)13-16-12/h1-4,9,15H,5-8H2. The molecule has 2 heterocycles. The summed E-state index contributed by atoms with van der Waals surface area (Å²) in [4.78, 5) is 2.35. The lowest BCUT2D eigenvalue weighted by Gasteiger charge is -2.15. The minimum atomic E-state index is 0.299. The van der Waals surface area contributed by atoms with Gasteiger partial charge in [0.25, 0.3) is 0 Å². The average Bonchev–Trinajstić information content (AvgIpc) is 2.94. The number of fused-ring (bicyclic) bond motifs is 1. The van der Waals surface area contributed by atoms with Crippen molar-refractivity contribution in [2.45, 2.75) is 6.42 Å². The summed E-state index contributed by atoms with van der Waals surface area (Å²) in [5, 5.41) is 11.7. The van der Waals surface area contributed by atoms with Gasteiger partial charge in [-0.05, 0) is 30.1 Å². The van der Waals surface area contributed by atoms with Crippen molar-refractivity contribution in [1.82, 2.24) is 4.37 Å². The maximum absolute atomic E-state index is 9.16. The molecule has 1 aromatic heterocycles. The molecule has 0 radical (unpaired) electrons. The molecule has 4 heteroatoms. The lowest BCUT2D eigenvalue weighted by molar-refractivity contribution is 0.239. The molecule has 0 bridgehead atoms. The van der Waals surface area contributed by atoms with E-state index in [2.05, 4.69) is 27.5 Å². The molecule has 84 valence electrons. The van der Waals surface area contributed by atoms with Crippen LogP contribution in [0.25, 0.3) is 10.9 Å². The molecular weight excluding hydrogens is 220 g/mol. The molecule has 3 rings (SSSR count). The van der Waals surface area contributed by atoms with Gasteiger partial charge in [0.2, 0.25) is 0 Å². The van der Waals surface area contributed by atoms with Gasteiger partial charge in [0.05, 0.1) is 5.52 Å². The quantitative estimate of drug-likeness (QED) is 0.864. The fraction of sp³-hybridized carbons (Fsp3) is 0.417. The zero-order valence-electron chi connectivity index (χ0n) is 8.97. The van der Waals surface area contributed by atoms with Crippen LogP contribution in [-0.2, 0) is 0 Å². The highest BCUT2D eigenvalue weighted by molar-refractivity contribution is 7.11. The molecule has 3 nitrogen and oxygen atoms in total. The van der Waals surface area contributed by atoms with Crippen LogP contribution in [0.15, 0.2) is 24.3 Å². The van der Waals surface area contributed by atoms with Gasteiger partial charge in [-0.2, -0.15) is 4.37 Å². The average molecular weight is 234 g/mol. The number of benzene rings is 1. The molecule has 0 aliphatic carbocycles. The van der Waals surface area contributed by atoms with E-state index in [-0.39, 0.29) is 0 Å². The molecule has 1 N–H and O–H groups in total. The SMILES string of the molecule is OCC1CCN(c2snc3ccccc23)C1. The van der Waals surface area contributed by atoms with E-state index in [1.807, 2.05) is 6.07 Å². The predicted octanol–water partition coefficient (Wildman–Crippen LogP) is 2.11. The highest BCUT2D eigenvalue weighted by Gasteiger charge is 2.24. The van der Waals surface area contributed by atoms with Gasteiger partial charge in [-0.25, -0.2) is 0 Å². The zero-order chi connectivity index (χ0) is 11.0. The molecule has 0 spiro atoms. The van der Waals surface area contributed by atoms with E-state index in [0.29, 0.717) is 12.5 Å². The Morgan fingerprint density at radius 2 is 2.31 bits per heavy atom. The van der Waals surface area contributed by atoms with Gasteiger partial charge in [0.1, 0.15) is 5.00 Å². The van der Waals surface area contributed by atoms with Crippen molar-refractivity contribution in [2.24, 2.45) is 5.92 Å². The Labute approximate surface area is 98.5 Å². The summed E-state index contributed by atoms with van der Waals surface area (Å²) in [6.07, 6.45) is 1.09. The van der Waals surface area contributed by atoms with Crippen LogP contribution >= 0.6 is 11.5 Å². The number of hydrogen-bond acceptors (Lipinski definition) is 4. The normalized spacial score (nSPS) is 20.8. The Hall–Kier alpha value is -1.13. The number of aliphatic hydroxyl groups is 1. The van der Waals surface area contributed by atoms with Crippen molar-refractivity contribution in [3.05, 3.63) is 24.3 Å². The van der Waals surface area contributed by atoms with Crippen molar-refractivity contribution < 1.29 is 5.11 Å². The summed E-state index contributed by atoms with van der Waals surface area (Å²) < 4.78 is 4.45. The second kappa shape index (κ2) is 4.03. The third-order valence-corrected chi connectivity index (χ3v) is 4.14. The number of nitrogens with zero attached hydrogens (tertiary/aromatic N) is 2. The number of anilines is 1. The topological polar surface area (TPSA) is 36.4 Å². The van der Waals surface area contributed by atoms with Crippen LogP contribution in [0.5, 0.6) is 0 Å². The Morgan fingerprint density at radius 1 is 1.44 bits per heavy atom. The molecule has 1 aromatic carbocycles. The highest BCUT2D eigenvalue weighted by Crippen LogP contribution is 2.34. The van der Waals surface area contributed by atoms with E-state index in [4.69, 9.17) is 5.11 Å². The van der Waals surface area contributed by atoms with Crippen LogP contribution < -0.4 is 4.90 Å². The molecule has 1 atom stereocenters. The smallest absolute Gasteiger partial charge is 0.119 e. The van der Waals surface area contributed by atoms with Crippen molar-refractivity contribution >= 4 is 27.4 Å². The van der Waals surface area contributed by atoms with E-state index < -0.39 is 0 Å². The Balaban J connectivity index is 1.95. The van der Waals surface area contributed by atoms with Crippen molar-refractivity contribution in [3.8, 4) is 0 Å². The predicted molar refractivity (Wildman–Crippen MR) is 67.0 cm³/mol. The zero-order valence-corrected chi connectivity index (χ0v) is 9.78. The fourth-order valence-electron chi connectivity index (χ4n) is 2.27. The fourth-order valence-corrected chi connectivity index (χ4v) is 3.17. The summed E-state index contributed by atoms with van der Waals surface area (Å²) in [6, 6.07) is 8.25. The Bertz CT molecular complexity index is 496. The minimum Gasteiger partial charge on any atom is -0.396 e. The second-order valence-electron chi connectivity index (χ2n) is 4.29. The number of rotatable bonds is 2. The second-order valence-corrected chi connectivity index (χ2v) is 5.04. The van der Waals surface area contributed by atoms with Crippen molar-refractivity contribution in [3.63, 3.8) is 0 Å². The highest BCUT2D eigenvalue weighted by atomic mass is 32.1. The van der Waals surface area contributed by atoms with E-state index in [0.717, 1.165) is 25.0 Å². The first-order valence-corrected chi connectivity index (χ1v) is 6.36. The molecule has 1 fully saturated rings. The molecule has 1 aliphatic heterocycles. The van der Waals surface area contributed by atoms with E-state index in [9.17, 15) is 0 Å². The summed E-state index contributed by atoms with van der Waals surface area (Å²) in [5.41, 5.74) is 1.08. The molecule has 16 heavy (non-hydrogen) atoms. The van der Waals surface area contributed by atoms with Crippen LogP contribution in [0.3, 0.4) is 0 Å². The Kier molecular flexibility index (Phi) is 2.53. The molecule has 1 aliphatic rings. The van der Waals surface area contributed by atoms with Crippen LogP contribution in [-0.4, -0.2) is 29.2 Å². The first kappa shape index (κ1) is 10.1. The monoisotopic (exact) mass is 234 g/mol. The van der Waals surface area contributed by atoms with E-state index in [1.54, 1.807) is 11.5 Å². The maximum atomic E-state index is 9.16. The lowest BCUT2D eigenvalue weighted by atomic mass is 10.1. The third kappa shape index (κ3) is 1.58. The van der Waals surface area contributed by atoms with Crippen LogP contribution in [0, 0.1) is 5.92 Å². The lowest BCUT2D eigenvalue weighted by Crippen LogP contribution is -2.19. The van der Waals surface area contributed by atoms with Crippen molar-refractivity contribution in [2.75, 3.05) is 24.6 Å². The molecule has 2 aromatic rings. The minimum absolute atomic E-state index is 0.299. The van der Waals surface area contributed by atoms with Crippen LogP contribution in [0.4, 0.5) is 5.00 Å². The number of aliphatic hydroxyl groups excluding tert-OH is 1. The number of hydrogen-bond donors (Lipinski definition) is 1. The number of aromatic nitrogens is 1. The van der Waals surface area contributed by atoms with Gasteiger partial charge >= 0.3 is 0 Å². The van der Waals surface area contributed by atoms with E-state index in [1.165, 1.54) is 10.4 Å².